The number of rotatable bonds is 5. The molecule has 126 valence electrons. The zero-order chi connectivity index (χ0) is 17.7. The summed E-state index contributed by atoms with van der Waals surface area (Å²) in [6.07, 6.45) is 0. The molecule has 0 aromatic heterocycles. The van der Waals surface area contributed by atoms with Crippen LogP contribution in [-0.4, -0.2) is 45.6 Å². The van der Waals surface area contributed by atoms with Crippen LogP contribution in [0.4, 0.5) is 0 Å². The maximum atomic E-state index is 11.7. The minimum absolute atomic E-state index is 0.0227. The van der Waals surface area contributed by atoms with Crippen molar-refractivity contribution >= 4 is 11.9 Å². The molecule has 0 saturated carbocycles. The molecule has 8 heteroatoms. The zero-order valence-electron chi connectivity index (χ0n) is 12.3. The Labute approximate surface area is 136 Å². The summed E-state index contributed by atoms with van der Waals surface area (Å²) in [6.45, 7) is -0.484. The standard InChI is InChI=1S/C16H14O8/c17-11-5-10(6-12(18)8-11)16(22)24-4-3-23-15(21)9-1-2-13(19)14(20)7-9/h1-2,5-8,17-20H,3-4H2. The largest absolute Gasteiger partial charge is 0.508 e. The Kier molecular flexibility index (Phi) is 5.10. The van der Waals surface area contributed by atoms with Crippen molar-refractivity contribution in [1.29, 1.82) is 0 Å². The van der Waals surface area contributed by atoms with Crippen LogP contribution in [0.15, 0.2) is 36.4 Å². The highest BCUT2D eigenvalue weighted by molar-refractivity contribution is 5.91. The van der Waals surface area contributed by atoms with Crippen LogP contribution in [0.5, 0.6) is 23.0 Å². The molecule has 0 atom stereocenters. The van der Waals surface area contributed by atoms with E-state index in [0.717, 1.165) is 30.3 Å². The third kappa shape index (κ3) is 4.29. The second kappa shape index (κ2) is 7.23. The molecule has 24 heavy (non-hydrogen) atoms. The summed E-state index contributed by atoms with van der Waals surface area (Å²) >= 11 is 0. The number of ether oxygens (including phenoxy) is 2. The molecule has 0 aliphatic rings. The monoisotopic (exact) mass is 334 g/mol. The Hall–Kier alpha value is -3.42. The van der Waals surface area contributed by atoms with Crippen molar-refractivity contribution in [2.24, 2.45) is 0 Å². The van der Waals surface area contributed by atoms with Crippen molar-refractivity contribution in [3.05, 3.63) is 47.5 Å². The quantitative estimate of drug-likeness (QED) is 0.367. The molecule has 0 fully saturated rings. The molecule has 0 aliphatic carbocycles. The third-order valence-electron chi connectivity index (χ3n) is 2.90. The highest BCUT2D eigenvalue weighted by Crippen LogP contribution is 2.25. The molecule has 0 heterocycles. The summed E-state index contributed by atoms with van der Waals surface area (Å²) in [4.78, 5) is 23.4. The molecule has 0 bridgehead atoms. The van der Waals surface area contributed by atoms with E-state index in [1.165, 1.54) is 6.07 Å². The van der Waals surface area contributed by atoms with Gasteiger partial charge >= 0.3 is 11.9 Å². The lowest BCUT2D eigenvalue weighted by Gasteiger charge is -2.07. The maximum Gasteiger partial charge on any atom is 0.338 e. The molecule has 2 aromatic carbocycles. The molecule has 0 amide bonds. The third-order valence-corrected chi connectivity index (χ3v) is 2.90. The fourth-order valence-electron chi connectivity index (χ4n) is 1.80. The number of phenolic OH excluding ortho intramolecular Hbond substituents is 4. The summed E-state index contributed by atoms with van der Waals surface area (Å²) in [7, 11) is 0. The van der Waals surface area contributed by atoms with Crippen LogP contribution in [0.1, 0.15) is 20.7 Å². The Morgan fingerprint density at radius 2 is 1.25 bits per heavy atom. The minimum atomic E-state index is -0.806. The van der Waals surface area contributed by atoms with Gasteiger partial charge in [0.05, 0.1) is 11.1 Å². The van der Waals surface area contributed by atoms with Gasteiger partial charge in [-0.1, -0.05) is 0 Å². The van der Waals surface area contributed by atoms with Crippen LogP contribution in [0.3, 0.4) is 0 Å². The van der Waals surface area contributed by atoms with Gasteiger partial charge in [0.15, 0.2) is 11.5 Å². The Balaban J connectivity index is 1.82. The SMILES string of the molecule is O=C(OCCOC(=O)c1ccc(O)c(O)c1)c1cc(O)cc(O)c1. The second-order valence-corrected chi connectivity index (χ2v) is 4.71. The molecule has 2 rings (SSSR count). The first-order valence-electron chi connectivity index (χ1n) is 6.76. The minimum Gasteiger partial charge on any atom is -0.508 e. The van der Waals surface area contributed by atoms with E-state index in [4.69, 9.17) is 14.6 Å². The van der Waals surface area contributed by atoms with Gasteiger partial charge in [0.1, 0.15) is 24.7 Å². The van der Waals surface area contributed by atoms with Crippen molar-refractivity contribution in [3.63, 3.8) is 0 Å². The first-order valence-corrected chi connectivity index (χ1v) is 6.76. The number of hydrogen-bond donors (Lipinski definition) is 4. The number of aromatic hydroxyl groups is 4. The molecule has 0 radical (unpaired) electrons. The van der Waals surface area contributed by atoms with E-state index in [2.05, 4.69) is 0 Å². The zero-order valence-corrected chi connectivity index (χ0v) is 12.3. The predicted molar refractivity (Wildman–Crippen MR) is 80.1 cm³/mol. The van der Waals surface area contributed by atoms with Crippen LogP contribution in [0.2, 0.25) is 0 Å². The highest BCUT2D eigenvalue weighted by Gasteiger charge is 2.12. The lowest BCUT2D eigenvalue weighted by Crippen LogP contribution is -2.14. The lowest BCUT2D eigenvalue weighted by molar-refractivity contribution is 0.0265. The van der Waals surface area contributed by atoms with Gasteiger partial charge in [0.2, 0.25) is 0 Å². The smallest absolute Gasteiger partial charge is 0.338 e. The lowest BCUT2D eigenvalue weighted by atomic mass is 10.2. The van der Waals surface area contributed by atoms with E-state index in [-0.39, 0.29) is 41.6 Å². The molecule has 4 N–H and O–H groups in total. The number of hydrogen-bond acceptors (Lipinski definition) is 8. The van der Waals surface area contributed by atoms with Gasteiger partial charge < -0.3 is 29.9 Å². The van der Waals surface area contributed by atoms with Gasteiger partial charge in [-0.15, -0.1) is 0 Å². The topological polar surface area (TPSA) is 134 Å². The van der Waals surface area contributed by atoms with Gasteiger partial charge in [-0.05, 0) is 30.3 Å². The van der Waals surface area contributed by atoms with Crippen LogP contribution >= 0.6 is 0 Å². The first-order chi connectivity index (χ1) is 11.4. The summed E-state index contributed by atoms with van der Waals surface area (Å²) in [5.41, 5.74) is -0.0307. The Morgan fingerprint density at radius 3 is 1.79 bits per heavy atom. The summed E-state index contributed by atoms with van der Waals surface area (Å²) in [6, 6.07) is 6.74. The maximum absolute atomic E-state index is 11.7. The summed E-state index contributed by atoms with van der Waals surface area (Å²) < 4.78 is 9.69. The molecular weight excluding hydrogens is 320 g/mol. The Morgan fingerprint density at radius 1 is 0.708 bits per heavy atom. The number of phenols is 4. The summed E-state index contributed by atoms with van der Waals surface area (Å²) in [5, 5.41) is 37.0. The normalized spacial score (nSPS) is 10.2. The highest BCUT2D eigenvalue weighted by atomic mass is 16.6. The van der Waals surface area contributed by atoms with Crippen LogP contribution in [0, 0.1) is 0 Å². The van der Waals surface area contributed by atoms with E-state index in [0.29, 0.717) is 0 Å². The van der Waals surface area contributed by atoms with Crippen LogP contribution in [-0.2, 0) is 9.47 Å². The molecule has 0 aliphatic heterocycles. The van der Waals surface area contributed by atoms with E-state index >= 15 is 0 Å². The summed E-state index contributed by atoms with van der Waals surface area (Å²) in [5.74, 6) is -2.98. The second-order valence-electron chi connectivity index (χ2n) is 4.71. The van der Waals surface area contributed by atoms with Gasteiger partial charge in [0, 0.05) is 6.07 Å². The van der Waals surface area contributed by atoms with Gasteiger partial charge in [-0.25, -0.2) is 9.59 Å². The van der Waals surface area contributed by atoms with Crippen molar-refractivity contribution in [1.82, 2.24) is 0 Å². The van der Waals surface area contributed by atoms with Gasteiger partial charge in [0.25, 0.3) is 0 Å². The number of esters is 2. The molecule has 0 unspecified atom stereocenters. The van der Waals surface area contributed by atoms with Crippen molar-refractivity contribution < 1.29 is 39.5 Å². The van der Waals surface area contributed by atoms with E-state index in [9.17, 15) is 24.9 Å². The first kappa shape index (κ1) is 16.9. The molecule has 2 aromatic rings. The van der Waals surface area contributed by atoms with E-state index in [1.807, 2.05) is 0 Å². The average Bonchev–Trinajstić information content (AvgIpc) is 2.52. The Bertz CT molecular complexity index is 748. The molecular formula is C16H14O8. The predicted octanol–water partition coefficient (Wildman–Crippen LogP) is 1.52. The fourth-order valence-corrected chi connectivity index (χ4v) is 1.80. The molecule has 8 nitrogen and oxygen atoms in total. The molecule has 0 spiro atoms. The van der Waals surface area contributed by atoms with Crippen LogP contribution in [0.25, 0.3) is 0 Å². The number of carbonyl (C=O) groups is 2. The average molecular weight is 334 g/mol. The fraction of sp³-hybridized carbons (Fsp3) is 0.125. The van der Waals surface area contributed by atoms with Crippen molar-refractivity contribution in [3.8, 4) is 23.0 Å². The van der Waals surface area contributed by atoms with Crippen molar-refractivity contribution in [2.45, 2.75) is 0 Å². The number of benzene rings is 2. The number of carbonyl (C=O) groups excluding carboxylic acids is 2. The molecule has 0 saturated heterocycles. The van der Waals surface area contributed by atoms with E-state index < -0.39 is 17.7 Å². The van der Waals surface area contributed by atoms with Crippen LogP contribution < -0.4 is 0 Å². The van der Waals surface area contributed by atoms with Gasteiger partial charge in [-0.2, -0.15) is 0 Å². The van der Waals surface area contributed by atoms with Gasteiger partial charge in [-0.3, -0.25) is 0 Å². The van der Waals surface area contributed by atoms with E-state index in [1.54, 1.807) is 0 Å². The van der Waals surface area contributed by atoms with Crippen molar-refractivity contribution in [2.75, 3.05) is 13.2 Å².